The van der Waals surface area contributed by atoms with Crippen molar-refractivity contribution >= 4 is 23.5 Å². The molecule has 0 radical (unpaired) electrons. The number of anilines is 1. The Hall–Kier alpha value is -3.36. The number of hydrogen-bond donors (Lipinski definition) is 1. The number of benzene rings is 2. The molecule has 2 rings (SSSR count). The van der Waals surface area contributed by atoms with Gasteiger partial charge in [-0.2, -0.15) is 13.2 Å². The van der Waals surface area contributed by atoms with Crippen LogP contribution in [0.25, 0.3) is 0 Å². The molecule has 0 aliphatic rings. The number of hydrogen-bond acceptors (Lipinski definition) is 5. The fraction of sp³-hybridized carbons (Fsp3) is 0.167. The van der Waals surface area contributed by atoms with Crippen LogP contribution in [0.1, 0.15) is 36.6 Å². The number of esters is 2. The number of nitrogens with one attached hydrogen (secondary N) is 1. The summed E-state index contributed by atoms with van der Waals surface area (Å²) in [5.74, 6) is -2.21. The average Bonchev–Trinajstić information content (AvgIpc) is 2.65. The average molecular weight is 381 g/mol. The normalized spacial score (nSPS) is 10.9. The van der Waals surface area contributed by atoms with Gasteiger partial charge in [-0.15, -0.1) is 0 Å². The van der Waals surface area contributed by atoms with E-state index in [2.05, 4.69) is 14.8 Å². The monoisotopic (exact) mass is 381 g/mol. The molecular formula is C18H14F3NO5. The third-order valence-corrected chi connectivity index (χ3v) is 3.51. The van der Waals surface area contributed by atoms with Gasteiger partial charge < -0.3 is 14.8 Å². The Bertz CT molecular complexity index is 841. The number of alkyl halides is 3. The first-order valence-corrected chi connectivity index (χ1v) is 7.46. The lowest BCUT2D eigenvalue weighted by Gasteiger charge is -2.10. The van der Waals surface area contributed by atoms with E-state index in [9.17, 15) is 27.6 Å². The summed E-state index contributed by atoms with van der Waals surface area (Å²) in [6, 6.07) is 7.35. The molecule has 9 heteroatoms. The van der Waals surface area contributed by atoms with E-state index in [1.165, 1.54) is 18.2 Å². The van der Waals surface area contributed by atoms with Crippen LogP contribution in [0.2, 0.25) is 0 Å². The summed E-state index contributed by atoms with van der Waals surface area (Å²) in [6.45, 7) is 0. The lowest BCUT2D eigenvalue weighted by atomic mass is 10.1. The maximum absolute atomic E-state index is 12.6. The van der Waals surface area contributed by atoms with Gasteiger partial charge in [0.05, 0.1) is 30.9 Å². The number of methoxy groups -OCH3 is 2. The van der Waals surface area contributed by atoms with Crippen molar-refractivity contribution in [1.29, 1.82) is 0 Å². The number of rotatable bonds is 4. The smallest absolute Gasteiger partial charge is 0.416 e. The van der Waals surface area contributed by atoms with Crippen LogP contribution in [0, 0.1) is 0 Å². The highest BCUT2D eigenvalue weighted by atomic mass is 19.4. The second kappa shape index (κ2) is 7.90. The van der Waals surface area contributed by atoms with Crippen molar-refractivity contribution in [3.63, 3.8) is 0 Å². The lowest BCUT2D eigenvalue weighted by molar-refractivity contribution is -0.137. The largest absolute Gasteiger partial charge is 0.465 e. The number of carbonyl (C=O) groups excluding carboxylic acids is 3. The molecule has 0 unspecified atom stereocenters. The van der Waals surface area contributed by atoms with Crippen molar-refractivity contribution < 1.29 is 37.0 Å². The molecule has 2 aromatic rings. The van der Waals surface area contributed by atoms with E-state index >= 15 is 0 Å². The molecule has 1 amide bonds. The molecule has 0 atom stereocenters. The Kier molecular flexibility index (Phi) is 5.84. The van der Waals surface area contributed by atoms with Gasteiger partial charge in [0.1, 0.15) is 0 Å². The Morgan fingerprint density at radius 1 is 0.815 bits per heavy atom. The Balaban J connectivity index is 2.31. The molecule has 0 saturated heterocycles. The standard InChI is InChI=1S/C18H14F3NO5/c1-26-16(24)11-7-12(17(25)27-2)9-14(8-11)22-15(23)10-3-5-13(6-4-10)18(19,20)21/h3-9H,1-2H3,(H,22,23). The molecule has 0 aliphatic heterocycles. The molecule has 0 aromatic heterocycles. The van der Waals surface area contributed by atoms with Crippen LogP contribution < -0.4 is 5.32 Å². The first-order chi connectivity index (χ1) is 12.7. The molecule has 142 valence electrons. The maximum Gasteiger partial charge on any atom is 0.416 e. The summed E-state index contributed by atoms with van der Waals surface area (Å²) in [5.41, 5.74) is -0.875. The fourth-order valence-corrected chi connectivity index (χ4v) is 2.19. The number of ether oxygens (including phenoxy) is 2. The molecule has 0 fully saturated rings. The molecule has 0 aliphatic carbocycles. The third-order valence-electron chi connectivity index (χ3n) is 3.51. The molecule has 0 spiro atoms. The molecule has 0 bridgehead atoms. The van der Waals surface area contributed by atoms with E-state index < -0.39 is 29.6 Å². The van der Waals surface area contributed by atoms with Crippen LogP contribution in [-0.4, -0.2) is 32.1 Å². The highest BCUT2D eigenvalue weighted by Gasteiger charge is 2.30. The summed E-state index contributed by atoms with van der Waals surface area (Å²) in [4.78, 5) is 35.7. The zero-order valence-corrected chi connectivity index (χ0v) is 14.2. The SMILES string of the molecule is COC(=O)c1cc(NC(=O)c2ccc(C(F)(F)F)cc2)cc(C(=O)OC)c1. The van der Waals surface area contributed by atoms with Gasteiger partial charge in [0, 0.05) is 11.3 Å². The summed E-state index contributed by atoms with van der Waals surface area (Å²) >= 11 is 0. The molecule has 6 nitrogen and oxygen atoms in total. The minimum atomic E-state index is -4.51. The maximum atomic E-state index is 12.6. The van der Waals surface area contributed by atoms with Gasteiger partial charge in [-0.3, -0.25) is 4.79 Å². The van der Waals surface area contributed by atoms with Gasteiger partial charge in [0.25, 0.3) is 5.91 Å². The quantitative estimate of drug-likeness (QED) is 0.820. The van der Waals surface area contributed by atoms with E-state index in [0.717, 1.165) is 38.5 Å². The highest BCUT2D eigenvalue weighted by Crippen LogP contribution is 2.29. The van der Waals surface area contributed by atoms with Gasteiger partial charge in [0.2, 0.25) is 0 Å². The predicted octanol–water partition coefficient (Wildman–Crippen LogP) is 3.53. The third kappa shape index (κ3) is 4.84. The summed E-state index contributed by atoms with van der Waals surface area (Å²) < 4.78 is 46.9. The predicted molar refractivity (Wildman–Crippen MR) is 88.5 cm³/mol. The van der Waals surface area contributed by atoms with Crippen molar-refractivity contribution in [1.82, 2.24) is 0 Å². The van der Waals surface area contributed by atoms with Crippen molar-refractivity contribution in [3.05, 3.63) is 64.7 Å². The zero-order valence-electron chi connectivity index (χ0n) is 14.2. The number of carbonyl (C=O) groups is 3. The molecule has 2 aromatic carbocycles. The van der Waals surface area contributed by atoms with Gasteiger partial charge in [-0.05, 0) is 42.5 Å². The Morgan fingerprint density at radius 2 is 1.30 bits per heavy atom. The van der Waals surface area contributed by atoms with Crippen LogP contribution in [0.5, 0.6) is 0 Å². The second-order valence-electron chi connectivity index (χ2n) is 5.31. The van der Waals surface area contributed by atoms with Crippen LogP contribution in [0.3, 0.4) is 0 Å². The minimum absolute atomic E-state index is 0.0110. The van der Waals surface area contributed by atoms with Gasteiger partial charge >= 0.3 is 18.1 Å². The molecule has 0 heterocycles. The van der Waals surface area contributed by atoms with Gasteiger partial charge in [-0.1, -0.05) is 0 Å². The van der Waals surface area contributed by atoms with Crippen molar-refractivity contribution in [2.24, 2.45) is 0 Å². The summed E-state index contributed by atoms with van der Waals surface area (Å²) in [5, 5.41) is 2.42. The minimum Gasteiger partial charge on any atom is -0.465 e. The van der Waals surface area contributed by atoms with E-state index in [1.807, 2.05) is 0 Å². The molecule has 27 heavy (non-hydrogen) atoms. The fourth-order valence-electron chi connectivity index (χ4n) is 2.19. The van der Waals surface area contributed by atoms with Crippen molar-refractivity contribution in [3.8, 4) is 0 Å². The second-order valence-corrected chi connectivity index (χ2v) is 5.31. The van der Waals surface area contributed by atoms with Gasteiger partial charge in [0.15, 0.2) is 0 Å². The topological polar surface area (TPSA) is 81.7 Å². The van der Waals surface area contributed by atoms with E-state index in [0.29, 0.717) is 0 Å². The molecular weight excluding hydrogens is 367 g/mol. The van der Waals surface area contributed by atoms with Crippen LogP contribution in [0.4, 0.5) is 18.9 Å². The first kappa shape index (κ1) is 20.0. The number of amides is 1. The van der Waals surface area contributed by atoms with E-state index in [-0.39, 0.29) is 22.4 Å². The van der Waals surface area contributed by atoms with Crippen LogP contribution in [0.15, 0.2) is 42.5 Å². The lowest BCUT2D eigenvalue weighted by Crippen LogP contribution is -2.15. The van der Waals surface area contributed by atoms with E-state index in [1.54, 1.807) is 0 Å². The highest BCUT2D eigenvalue weighted by molar-refractivity contribution is 6.06. The Morgan fingerprint density at radius 3 is 1.70 bits per heavy atom. The summed E-state index contributed by atoms with van der Waals surface area (Å²) in [6.07, 6.45) is -4.51. The Labute approximate surface area is 151 Å². The van der Waals surface area contributed by atoms with Crippen LogP contribution in [-0.2, 0) is 15.7 Å². The molecule has 1 N–H and O–H groups in total. The first-order valence-electron chi connectivity index (χ1n) is 7.46. The van der Waals surface area contributed by atoms with Gasteiger partial charge in [-0.25, -0.2) is 9.59 Å². The zero-order chi connectivity index (χ0) is 20.2. The van der Waals surface area contributed by atoms with Crippen molar-refractivity contribution in [2.45, 2.75) is 6.18 Å². The van der Waals surface area contributed by atoms with Crippen molar-refractivity contribution in [2.75, 3.05) is 19.5 Å². The molecule has 0 saturated carbocycles. The van der Waals surface area contributed by atoms with E-state index in [4.69, 9.17) is 0 Å². The van der Waals surface area contributed by atoms with Crippen LogP contribution >= 0.6 is 0 Å². The summed E-state index contributed by atoms with van der Waals surface area (Å²) in [7, 11) is 2.29. The number of halogens is 3.